The van der Waals surface area contributed by atoms with E-state index in [0.717, 1.165) is 48.9 Å². The third kappa shape index (κ3) is 4.33. The lowest BCUT2D eigenvalue weighted by Gasteiger charge is -2.37. The van der Waals surface area contributed by atoms with Gasteiger partial charge < -0.3 is 15.3 Å². The summed E-state index contributed by atoms with van der Waals surface area (Å²) in [6.07, 6.45) is 1.90. The van der Waals surface area contributed by atoms with E-state index in [9.17, 15) is 15.3 Å². The largest absolute Gasteiger partial charge is 0.508 e. The van der Waals surface area contributed by atoms with Crippen LogP contribution >= 0.6 is 11.3 Å². The highest BCUT2D eigenvalue weighted by molar-refractivity contribution is 7.09. The first-order valence-corrected chi connectivity index (χ1v) is 10.5. The van der Waals surface area contributed by atoms with E-state index < -0.39 is 5.60 Å². The normalized spacial score (nSPS) is 23.7. The minimum absolute atomic E-state index is 0.220. The van der Waals surface area contributed by atoms with Gasteiger partial charge in [-0.25, -0.2) is 4.98 Å². The standard InChI is InChI=1S/C20H27N3O3S/c24-16-5-8-23(12-16)13-19-21-18(14-27-19)20(26)6-9-22(10-7-20)11-15-3-1-2-4-17(15)25/h1-4,14,16,24-26H,5-13H2/t16-/m1/s1. The van der Waals surface area contributed by atoms with E-state index >= 15 is 0 Å². The van der Waals surface area contributed by atoms with Crippen LogP contribution in [0, 0.1) is 0 Å². The first kappa shape index (κ1) is 18.8. The molecule has 0 aliphatic carbocycles. The van der Waals surface area contributed by atoms with E-state index in [4.69, 9.17) is 4.98 Å². The smallest absolute Gasteiger partial charge is 0.120 e. The summed E-state index contributed by atoms with van der Waals surface area (Å²) in [7, 11) is 0. The van der Waals surface area contributed by atoms with Gasteiger partial charge in [0, 0.05) is 43.7 Å². The Labute approximate surface area is 163 Å². The number of aliphatic hydroxyl groups excluding tert-OH is 1. The molecule has 2 aliphatic heterocycles. The predicted octanol–water partition coefficient (Wildman–Crippen LogP) is 1.90. The highest BCUT2D eigenvalue weighted by atomic mass is 32.1. The summed E-state index contributed by atoms with van der Waals surface area (Å²) in [6.45, 7) is 4.60. The van der Waals surface area contributed by atoms with E-state index in [0.29, 0.717) is 31.7 Å². The number of aliphatic hydroxyl groups is 2. The zero-order chi connectivity index (χ0) is 18.9. The van der Waals surface area contributed by atoms with Gasteiger partial charge in [0.2, 0.25) is 0 Å². The van der Waals surface area contributed by atoms with E-state index in [-0.39, 0.29) is 6.10 Å². The van der Waals surface area contributed by atoms with Gasteiger partial charge in [0.15, 0.2) is 0 Å². The lowest BCUT2D eigenvalue weighted by Crippen LogP contribution is -2.42. The first-order chi connectivity index (χ1) is 13.0. The molecule has 1 aromatic carbocycles. The number of aromatic hydroxyl groups is 1. The molecule has 2 aromatic rings. The maximum absolute atomic E-state index is 11.1. The molecule has 27 heavy (non-hydrogen) atoms. The second-order valence-electron chi connectivity index (χ2n) is 7.74. The molecule has 146 valence electrons. The summed E-state index contributed by atoms with van der Waals surface area (Å²) in [6, 6.07) is 7.42. The van der Waals surface area contributed by atoms with Gasteiger partial charge in [0.05, 0.1) is 18.3 Å². The van der Waals surface area contributed by atoms with Crippen LogP contribution in [-0.2, 0) is 18.7 Å². The van der Waals surface area contributed by atoms with Gasteiger partial charge in [0.1, 0.15) is 16.4 Å². The number of phenolic OH excluding ortho intramolecular Hbond substituents is 1. The summed E-state index contributed by atoms with van der Waals surface area (Å²) in [5.74, 6) is 0.328. The Morgan fingerprint density at radius 2 is 1.89 bits per heavy atom. The summed E-state index contributed by atoms with van der Waals surface area (Å²) in [5, 5.41) is 33.7. The van der Waals surface area contributed by atoms with Crippen LogP contribution in [-0.4, -0.2) is 62.4 Å². The number of aromatic nitrogens is 1. The number of hydrogen-bond acceptors (Lipinski definition) is 7. The maximum atomic E-state index is 11.1. The van der Waals surface area contributed by atoms with Crippen molar-refractivity contribution < 1.29 is 15.3 Å². The van der Waals surface area contributed by atoms with Crippen molar-refractivity contribution in [2.24, 2.45) is 0 Å². The molecule has 0 unspecified atom stereocenters. The molecule has 1 aromatic heterocycles. The molecule has 2 aliphatic rings. The number of benzene rings is 1. The Hall–Kier alpha value is -1.51. The highest BCUT2D eigenvalue weighted by Gasteiger charge is 2.36. The van der Waals surface area contributed by atoms with Crippen molar-refractivity contribution in [3.63, 3.8) is 0 Å². The second-order valence-corrected chi connectivity index (χ2v) is 8.68. The summed E-state index contributed by atoms with van der Waals surface area (Å²) < 4.78 is 0. The fraction of sp³-hybridized carbons (Fsp3) is 0.550. The van der Waals surface area contributed by atoms with E-state index in [1.807, 2.05) is 23.6 Å². The van der Waals surface area contributed by atoms with Crippen LogP contribution in [0.2, 0.25) is 0 Å². The van der Waals surface area contributed by atoms with Crippen LogP contribution in [0.1, 0.15) is 35.5 Å². The van der Waals surface area contributed by atoms with Gasteiger partial charge >= 0.3 is 0 Å². The molecule has 7 heteroatoms. The molecule has 2 saturated heterocycles. The van der Waals surface area contributed by atoms with E-state index in [2.05, 4.69) is 9.80 Å². The van der Waals surface area contributed by atoms with Gasteiger partial charge in [0.25, 0.3) is 0 Å². The number of thiazole rings is 1. The fourth-order valence-corrected chi connectivity index (χ4v) is 4.89. The molecule has 0 amide bonds. The summed E-state index contributed by atoms with van der Waals surface area (Å²) in [4.78, 5) is 9.18. The molecule has 4 rings (SSSR count). The number of β-amino-alcohol motifs (C(OH)–C–C–N with tert-alkyl or cyclic N) is 1. The summed E-state index contributed by atoms with van der Waals surface area (Å²) in [5.41, 5.74) is 0.838. The molecule has 3 N–H and O–H groups in total. The van der Waals surface area contributed by atoms with E-state index in [1.165, 1.54) is 0 Å². The third-order valence-electron chi connectivity index (χ3n) is 5.70. The molecule has 2 fully saturated rings. The molecule has 0 radical (unpaired) electrons. The van der Waals surface area contributed by atoms with Gasteiger partial charge in [-0.3, -0.25) is 9.80 Å². The third-order valence-corrected chi connectivity index (χ3v) is 6.54. The van der Waals surface area contributed by atoms with Crippen LogP contribution < -0.4 is 0 Å². The highest BCUT2D eigenvalue weighted by Crippen LogP contribution is 2.34. The Kier molecular flexibility index (Phi) is 5.48. The predicted molar refractivity (Wildman–Crippen MR) is 105 cm³/mol. The van der Waals surface area contributed by atoms with Gasteiger partial charge in [-0.15, -0.1) is 11.3 Å². The lowest BCUT2D eigenvalue weighted by molar-refractivity contribution is -0.0308. The van der Waals surface area contributed by atoms with Crippen molar-refractivity contribution in [1.82, 2.24) is 14.8 Å². The van der Waals surface area contributed by atoms with Crippen molar-refractivity contribution in [2.45, 2.75) is 44.1 Å². The molecular weight excluding hydrogens is 362 g/mol. The summed E-state index contributed by atoms with van der Waals surface area (Å²) >= 11 is 1.59. The average molecular weight is 390 g/mol. The fourth-order valence-electron chi connectivity index (χ4n) is 3.97. The number of para-hydroxylation sites is 1. The van der Waals surface area contributed by atoms with Crippen LogP contribution in [0.5, 0.6) is 5.75 Å². The minimum atomic E-state index is -0.867. The lowest BCUT2D eigenvalue weighted by atomic mass is 9.88. The van der Waals surface area contributed by atoms with Crippen molar-refractivity contribution in [2.75, 3.05) is 26.2 Å². The average Bonchev–Trinajstić information content (AvgIpc) is 3.29. The van der Waals surface area contributed by atoms with Crippen LogP contribution in [0.3, 0.4) is 0 Å². The Balaban J connectivity index is 1.34. The number of phenols is 1. The topological polar surface area (TPSA) is 80.1 Å². The van der Waals surface area contributed by atoms with Crippen LogP contribution in [0.25, 0.3) is 0 Å². The number of nitrogens with zero attached hydrogens (tertiary/aromatic N) is 3. The molecule has 3 heterocycles. The van der Waals surface area contributed by atoms with Crippen molar-refractivity contribution >= 4 is 11.3 Å². The zero-order valence-electron chi connectivity index (χ0n) is 15.4. The molecule has 0 spiro atoms. The van der Waals surface area contributed by atoms with E-state index in [1.54, 1.807) is 17.4 Å². The molecular formula is C20H27N3O3S. The van der Waals surface area contributed by atoms with Crippen molar-refractivity contribution in [3.05, 3.63) is 45.9 Å². The second kappa shape index (κ2) is 7.85. The van der Waals surface area contributed by atoms with Crippen molar-refractivity contribution in [3.8, 4) is 5.75 Å². The van der Waals surface area contributed by atoms with Crippen LogP contribution in [0.15, 0.2) is 29.6 Å². The number of piperidine rings is 1. The Morgan fingerprint density at radius 3 is 2.59 bits per heavy atom. The Morgan fingerprint density at radius 1 is 1.11 bits per heavy atom. The minimum Gasteiger partial charge on any atom is -0.508 e. The first-order valence-electron chi connectivity index (χ1n) is 9.59. The monoisotopic (exact) mass is 389 g/mol. The zero-order valence-corrected chi connectivity index (χ0v) is 16.2. The van der Waals surface area contributed by atoms with Crippen LogP contribution in [0.4, 0.5) is 0 Å². The number of rotatable bonds is 5. The quantitative estimate of drug-likeness (QED) is 0.725. The molecule has 0 bridgehead atoms. The molecule has 6 nitrogen and oxygen atoms in total. The number of hydrogen-bond donors (Lipinski definition) is 3. The molecule has 0 saturated carbocycles. The van der Waals surface area contributed by atoms with Gasteiger partial charge in [-0.1, -0.05) is 18.2 Å². The number of likely N-dealkylation sites (tertiary alicyclic amines) is 2. The molecule has 1 atom stereocenters. The SMILES string of the molecule is Oc1ccccc1CN1CCC(O)(c2csc(CN3CC[C@@H](O)C3)n2)CC1. The van der Waals surface area contributed by atoms with Gasteiger partial charge in [-0.05, 0) is 25.3 Å². The van der Waals surface area contributed by atoms with Gasteiger partial charge in [-0.2, -0.15) is 0 Å². The maximum Gasteiger partial charge on any atom is 0.120 e. The Bertz CT molecular complexity index is 773. The van der Waals surface area contributed by atoms with Crippen molar-refractivity contribution in [1.29, 1.82) is 0 Å².